The summed E-state index contributed by atoms with van der Waals surface area (Å²) >= 11 is 0. The van der Waals surface area contributed by atoms with Crippen molar-refractivity contribution in [2.45, 2.75) is 25.3 Å². The molecule has 0 aliphatic heterocycles. The molecule has 0 amide bonds. The summed E-state index contributed by atoms with van der Waals surface area (Å²) in [5, 5.41) is 3.23. The van der Waals surface area contributed by atoms with Crippen molar-refractivity contribution >= 4 is 21.5 Å². The second-order valence-electron chi connectivity index (χ2n) is 6.53. The van der Waals surface area contributed by atoms with Gasteiger partial charge in [0.15, 0.2) is 0 Å². The van der Waals surface area contributed by atoms with Gasteiger partial charge >= 0.3 is 0 Å². The molecule has 146 valence electrons. The molecule has 3 rings (SSSR count). The lowest BCUT2D eigenvalue weighted by molar-refractivity contribution is 0.402. The Balaban J connectivity index is 1.71. The van der Waals surface area contributed by atoms with Gasteiger partial charge in [-0.15, -0.1) is 0 Å². The van der Waals surface area contributed by atoms with Crippen LogP contribution in [0, 0.1) is 13.8 Å². The molecule has 2 aromatic carbocycles. The zero-order chi connectivity index (χ0) is 20.1. The molecule has 3 aromatic rings. The van der Waals surface area contributed by atoms with Crippen LogP contribution in [-0.2, 0) is 16.6 Å². The highest BCUT2D eigenvalue weighted by Gasteiger charge is 2.20. The van der Waals surface area contributed by atoms with Gasteiger partial charge in [0.25, 0.3) is 10.0 Å². The third-order valence-corrected chi connectivity index (χ3v) is 5.58. The highest BCUT2D eigenvalue weighted by molar-refractivity contribution is 7.92. The molecular weight excluding hydrogens is 374 g/mol. The minimum Gasteiger partial charge on any atom is -0.495 e. The van der Waals surface area contributed by atoms with Crippen molar-refractivity contribution in [1.29, 1.82) is 0 Å². The van der Waals surface area contributed by atoms with Gasteiger partial charge in [-0.05, 0) is 49.2 Å². The first kappa shape index (κ1) is 19.7. The molecule has 0 spiro atoms. The third-order valence-electron chi connectivity index (χ3n) is 4.18. The number of aromatic nitrogens is 1. The number of hydrogen-bond acceptors (Lipinski definition) is 5. The zero-order valence-corrected chi connectivity index (χ0v) is 16.9. The van der Waals surface area contributed by atoms with Crippen LogP contribution in [0.3, 0.4) is 0 Å². The predicted octanol–water partition coefficient (Wildman–Crippen LogP) is 4.12. The fraction of sp³-hybridized carbons (Fsp3) is 0.190. The minimum atomic E-state index is -3.79. The van der Waals surface area contributed by atoms with Crippen molar-refractivity contribution in [1.82, 2.24) is 4.98 Å². The van der Waals surface area contributed by atoms with Gasteiger partial charge in [-0.25, -0.2) is 13.4 Å². The van der Waals surface area contributed by atoms with Crippen LogP contribution < -0.4 is 14.8 Å². The van der Waals surface area contributed by atoms with Crippen LogP contribution >= 0.6 is 0 Å². The van der Waals surface area contributed by atoms with Gasteiger partial charge in [-0.1, -0.05) is 35.9 Å². The van der Waals surface area contributed by atoms with Crippen LogP contribution in [0.4, 0.5) is 11.5 Å². The number of ether oxygens (including phenoxy) is 1. The minimum absolute atomic E-state index is 0.0941. The zero-order valence-electron chi connectivity index (χ0n) is 16.1. The number of methoxy groups -OCH3 is 1. The standard InChI is InChI=1S/C21H23N3O3S/c1-15-5-4-6-17(11-15)13-22-21-10-8-18(14-23-21)24-28(25,26)20-12-16(2)7-9-19(20)27-3/h4-12,14,24H,13H2,1-3H3,(H,22,23). The monoisotopic (exact) mass is 397 g/mol. The van der Waals surface area contributed by atoms with Crippen LogP contribution in [0.1, 0.15) is 16.7 Å². The van der Waals surface area contributed by atoms with E-state index < -0.39 is 10.0 Å². The Hall–Kier alpha value is -3.06. The first-order valence-corrected chi connectivity index (χ1v) is 10.3. The van der Waals surface area contributed by atoms with E-state index in [1.165, 1.54) is 18.9 Å². The van der Waals surface area contributed by atoms with E-state index in [0.29, 0.717) is 23.8 Å². The molecule has 0 unspecified atom stereocenters. The van der Waals surface area contributed by atoms with E-state index in [1.807, 2.05) is 32.0 Å². The van der Waals surface area contributed by atoms with Gasteiger partial charge in [0.2, 0.25) is 0 Å². The van der Waals surface area contributed by atoms with E-state index in [2.05, 4.69) is 21.1 Å². The van der Waals surface area contributed by atoms with E-state index in [-0.39, 0.29) is 4.90 Å². The summed E-state index contributed by atoms with van der Waals surface area (Å²) < 4.78 is 33.2. The first-order valence-electron chi connectivity index (χ1n) is 8.80. The highest BCUT2D eigenvalue weighted by Crippen LogP contribution is 2.26. The topological polar surface area (TPSA) is 80.3 Å². The number of pyridine rings is 1. The first-order chi connectivity index (χ1) is 13.4. The summed E-state index contributed by atoms with van der Waals surface area (Å²) in [6, 6.07) is 16.6. The van der Waals surface area contributed by atoms with Gasteiger partial charge in [0, 0.05) is 6.54 Å². The van der Waals surface area contributed by atoms with Crippen LogP contribution in [0.25, 0.3) is 0 Å². The van der Waals surface area contributed by atoms with E-state index >= 15 is 0 Å². The van der Waals surface area contributed by atoms with Gasteiger partial charge < -0.3 is 10.1 Å². The predicted molar refractivity (Wildman–Crippen MR) is 111 cm³/mol. The van der Waals surface area contributed by atoms with Gasteiger partial charge in [-0.3, -0.25) is 4.72 Å². The Kier molecular flexibility index (Phi) is 5.84. The van der Waals surface area contributed by atoms with E-state index in [4.69, 9.17) is 4.74 Å². The Bertz CT molecular complexity index is 1060. The number of sulfonamides is 1. The number of benzene rings is 2. The van der Waals surface area contributed by atoms with Crippen molar-refractivity contribution in [2.75, 3.05) is 17.1 Å². The molecule has 7 heteroatoms. The van der Waals surface area contributed by atoms with Crippen molar-refractivity contribution in [2.24, 2.45) is 0 Å². The Morgan fingerprint density at radius 3 is 2.46 bits per heavy atom. The van der Waals surface area contributed by atoms with Crippen LogP contribution in [0.2, 0.25) is 0 Å². The number of nitrogens with one attached hydrogen (secondary N) is 2. The van der Waals surface area contributed by atoms with Gasteiger partial charge in [-0.2, -0.15) is 0 Å². The molecule has 2 N–H and O–H groups in total. The SMILES string of the molecule is COc1ccc(C)cc1S(=O)(=O)Nc1ccc(NCc2cccc(C)c2)nc1. The summed E-state index contributed by atoms with van der Waals surface area (Å²) in [7, 11) is -2.34. The molecule has 0 saturated carbocycles. The third kappa shape index (κ3) is 4.80. The van der Waals surface area contributed by atoms with Crippen LogP contribution in [-0.4, -0.2) is 20.5 Å². The average Bonchev–Trinajstić information content (AvgIpc) is 2.67. The molecule has 1 aromatic heterocycles. The van der Waals surface area contributed by atoms with Crippen molar-refractivity contribution in [3.8, 4) is 5.75 Å². The van der Waals surface area contributed by atoms with Crippen molar-refractivity contribution in [3.63, 3.8) is 0 Å². The molecule has 0 bridgehead atoms. The Morgan fingerprint density at radius 2 is 1.79 bits per heavy atom. The maximum Gasteiger partial charge on any atom is 0.265 e. The lowest BCUT2D eigenvalue weighted by Gasteiger charge is -2.12. The average molecular weight is 398 g/mol. The van der Waals surface area contributed by atoms with E-state index in [9.17, 15) is 8.42 Å². The molecular formula is C21H23N3O3S. The summed E-state index contributed by atoms with van der Waals surface area (Å²) in [5.41, 5.74) is 3.56. The van der Waals surface area contributed by atoms with Gasteiger partial charge in [0.1, 0.15) is 16.5 Å². The summed E-state index contributed by atoms with van der Waals surface area (Å²) in [4.78, 5) is 4.38. The molecule has 0 aliphatic carbocycles. The molecule has 6 nitrogen and oxygen atoms in total. The number of nitrogens with zero attached hydrogens (tertiary/aromatic N) is 1. The second kappa shape index (κ2) is 8.31. The van der Waals surface area contributed by atoms with E-state index in [1.54, 1.807) is 30.3 Å². The maximum absolute atomic E-state index is 12.7. The molecule has 1 heterocycles. The Morgan fingerprint density at radius 1 is 1.00 bits per heavy atom. The Labute approximate surface area is 165 Å². The normalized spacial score (nSPS) is 11.1. The molecule has 0 radical (unpaired) electrons. The number of hydrogen-bond donors (Lipinski definition) is 2. The van der Waals surface area contributed by atoms with E-state index in [0.717, 1.165) is 11.1 Å². The highest BCUT2D eigenvalue weighted by atomic mass is 32.2. The fourth-order valence-corrected chi connectivity index (χ4v) is 4.08. The smallest absolute Gasteiger partial charge is 0.265 e. The van der Waals surface area contributed by atoms with Crippen molar-refractivity contribution in [3.05, 3.63) is 77.5 Å². The molecule has 28 heavy (non-hydrogen) atoms. The largest absolute Gasteiger partial charge is 0.495 e. The molecule has 0 fully saturated rings. The second-order valence-corrected chi connectivity index (χ2v) is 8.19. The number of rotatable bonds is 7. The van der Waals surface area contributed by atoms with Crippen LogP contribution in [0.5, 0.6) is 5.75 Å². The molecule has 0 atom stereocenters. The van der Waals surface area contributed by atoms with Crippen molar-refractivity contribution < 1.29 is 13.2 Å². The summed E-state index contributed by atoms with van der Waals surface area (Å²) in [5.74, 6) is 0.958. The maximum atomic E-state index is 12.7. The lowest BCUT2D eigenvalue weighted by Crippen LogP contribution is -2.14. The summed E-state index contributed by atoms with van der Waals surface area (Å²) in [6.45, 7) is 4.51. The fourth-order valence-electron chi connectivity index (χ4n) is 2.78. The number of aryl methyl sites for hydroxylation is 2. The summed E-state index contributed by atoms with van der Waals surface area (Å²) in [6.07, 6.45) is 1.48. The quantitative estimate of drug-likeness (QED) is 0.627. The number of anilines is 2. The molecule has 0 saturated heterocycles. The van der Waals surface area contributed by atoms with Gasteiger partial charge in [0.05, 0.1) is 19.0 Å². The molecule has 0 aliphatic rings. The lowest BCUT2D eigenvalue weighted by atomic mass is 10.1. The van der Waals surface area contributed by atoms with Crippen LogP contribution in [0.15, 0.2) is 65.7 Å².